The summed E-state index contributed by atoms with van der Waals surface area (Å²) >= 11 is 0. The zero-order valence-electron chi connectivity index (χ0n) is 12.3. The molecule has 0 saturated carbocycles. The van der Waals surface area contributed by atoms with E-state index in [1.807, 2.05) is 19.1 Å². The van der Waals surface area contributed by atoms with Crippen LogP contribution in [0.1, 0.15) is 31.0 Å². The lowest BCUT2D eigenvalue weighted by atomic mass is 10.1. The summed E-state index contributed by atoms with van der Waals surface area (Å²) in [7, 11) is -4.28. The van der Waals surface area contributed by atoms with Crippen molar-refractivity contribution in [2.24, 2.45) is 0 Å². The molecule has 118 valence electrons. The highest BCUT2D eigenvalue weighted by Gasteiger charge is 2.25. The van der Waals surface area contributed by atoms with Gasteiger partial charge in [-0.3, -0.25) is 0 Å². The van der Waals surface area contributed by atoms with Crippen molar-refractivity contribution in [1.29, 1.82) is 0 Å². The number of hydrogen-bond donors (Lipinski definition) is 1. The van der Waals surface area contributed by atoms with Crippen molar-refractivity contribution in [2.45, 2.75) is 31.2 Å². The van der Waals surface area contributed by atoms with Gasteiger partial charge >= 0.3 is 0 Å². The maximum Gasteiger partial charge on any atom is 0.246 e. The number of aryl methyl sites for hydroxylation is 1. The molecule has 6 heteroatoms. The standard InChI is InChI=1S/C16H17F2NO2S/c1-3-12-7-9-13(10-8-12)11(2)19-22(20,21)16-14(17)5-4-6-15(16)18/h4-11,19H,3H2,1-2H3. The van der Waals surface area contributed by atoms with Crippen LogP contribution in [-0.4, -0.2) is 8.42 Å². The fourth-order valence-corrected chi connectivity index (χ4v) is 3.51. The summed E-state index contributed by atoms with van der Waals surface area (Å²) in [6.07, 6.45) is 0.876. The lowest BCUT2D eigenvalue weighted by Gasteiger charge is -2.15. The molecule has 0 aliphatic heterocycles. The monoisotopic (exact) mass is 325 g/mol. The van der Waals surface area contributed by atoms with E-state index in [4.69, 9.17) is 0 Å². The van der Waals surface area contributed by atoms with Gasteiger partial charge in [0.25, 0.3) is 0 Å². The zero-order valence-corrected chi connectivity index (χ0v) is 13.1. The molecule has 0 saturated heterocycles. The van der Waals surface area contributed by atoms with Gasteiger partial charge in [0.05, 0.1) is 0 Å². The van der Waals surface area contributed by atoms with Gasteiger partial charge in [-0.15, -0.1) is 0 Å². The third-order valence-corrected chi connectivity index (χ3v) is 5.00. The molecule has 2 aromatic rings. The Hall–Kier alpha value is -1.79. The number of halogens is 2. The van der Waals surface area contributed by atoms with Crippen LogP contribution in [0.15, 0.2) is 47.4 Å². The number of sulfonamides is 1. The maximum atomic E-state index is 13.6. The summed E-state index contributed by atoms with van der Waals surface area (Å²) < 4.78 is 54.0. The molecule has 1 N–H and O–H groups in total. The van der Waals surface area contributed by atoms with E-state index in [0.717, 1.165) is 35.7 Å². The highest BCUT2D eigenvalue weighted by atomic mass is 32.2. The van der Waals surface area contributed by atoms with Gasteiger partial charge in [-0.25, -0.2) is 21.9 Å². The first kappa shape index (κ1) is 16.6. The van der Waals surface area contributed by atoms with Gasteiger partial charge in [0.1, 0.15) is 11.6 Å². The summed E-state index contributed by atoms with van der Waals surface area (Å²) in [5.41, 5.74) is 1.84. The average molecular weight is 325 g/mol. The molecule has 3 nitrogen and oxygen atoms in total. The molecule has 0 bridgehead atoms. The largest absolute Gasteiger partial charge is 0.246 e. The highest BCUT2D eigenvalue weighted by Crippen LogP contribution is 2.22. The Balaban J connectivity index is 2.27. The SMILES string of the molecule is CCc1ccc(C(C)NS(=O)(=O)c2c(F)cccc2F)cc1. The maximum absolute atomic E-state index is 13.6. The molecule has 22 heavy (non-hydrogen) atoms. The van der Waals surface area contributed by atoms with Crippen LogP contribution < -0.4 is 4.72 Å². The van der Waals surface area contributed by atoms with Crippen molar-refractivity contribution in [3.05, 3.63) is 65.2 Å². The third-order valence-electron chi connectivity index (χ3n) is 3.41. The van der Waals surface area contributed by atoms with Gasteiger partial charge in [0.2, 0.25) is 10.0 Å². The van der Waals surface area contributed by atoms with Crippen LogP contribution in [0.25, 0.3) is 0 Å². The zero-order chi connectivity index (χ0) is 16.3. The molecule has 0 amide bonds. The summed E-state index contributed by atoms with van der Waals surface area (Å²) in [6.45, 7) is 3.64. The van der Waals surface area contributed by atoms with E-state index in [-0.39, 0.29) is 0 Å². The van der Waals surface area contributed by atoms with E-state index in [0.29, 0.717) is 0 Å². The summed E-state index contributed by atoms with van der Waals surface area (Å²) in [6, 6.07) is 9.73. The average Bonchev–Trinajstić information content (AvgIpc) is 2.46. The van der Waals surface area contributed by atoms with Crippen molar-refractivity contribution in [1.82, 2.24) is 4.72 Å². The molecule has 0 spiro atoms. The molecule has 1 atom stereocenters. The quantitative estimate of drug-likeness (QED) is 0.913. The Labute approximate surface area is 129 Å². The second-order valence-electron chi connectivity index (χ2n) is 4.99. The molecule has 1 unspecified atom stereocenters. The predicted octanol–water partition coefficient (Wildman–Crippen LogP) is 3.57. The Morgan fingerprint density at radius 3 is 2.09 bits per heavy atom. The molecule has 0 aliphatic carbocycles. The van der Waals surface area contributed by atoms with Crippen molar-refractivity contribution < 1.29 is 17.2 Å². The first-order valence-corrected chi connectivity index (χ1v) is 8.38. The first-order valence-electron chi connectivity index (χ1n) is 6.90. The second-order valence-corrected chi connectivity index (χ2v) is 6.64. The summed E-state index contributed by atoms with van der Waals surface area (Å²) in [4.78, 5) is -0.952. The predicted molar refractivity (Wildman–Crippen MR) is 80.9 cm³/mol. The second kappa shape index (κ2) is 6.54. The topological polar surface area (TPSA) is 46.2 Å². The first-order chi connectivity index (χ1) is 10.3. The van der Waals surface area contributed by atoms with Gasteiger partial charge in [-0.1, -0.05) is 37.3 Å². The number of rotatable bonds is 5. The van der Waals surface area contributed by atoms with Gasteiger partial charge in [0.15, 0.2) is 4.90 Å². The normalized spacial score (nSPS) is 13.1. The number of benzene rings is 2. The Morgan fingerprint density at radius 2 is 1.59 bits per heavy atom. The fraction of sp³-hybridized carbons (Fsp3) is 0.250. The minimum absolute atomic E-state index is 0.602. The van der Waals surface area contributed by atoms with Gasteiger partial charge in [0, 0.05) is 6.04 Å². The van der Waals surface area contributed by atoms with Crippen LogP contribution >= 0.6 is 0 Å². The van der Waals surface area contributed by atoms with Crippen molar-refractivity contribution >= 4 is 10.0 Å². The van der Waals surface area contributed by atoms with E-state index < -0.39 is 32.6 Å². The minimum Gasteiger partial charge on any atom is -0.207 e. The smallest absolute Gasteiger partial charge is 0.207 e. The fourth-order valence-electron chi connectivity index (χ4n) is 2.14. The molecular weight excluding hydrogens is 308 g/mol. The van der Waals surface area contributed by atoms with Crippen LogP contribution in [0.4, 0.5) is 8.78 Å². The molecule has 0 aliphatic rings. The number of nitrogens with one attached hydrogen (secondary N) is 1. The number of hydrogen-bond acceptors (Lipinski definition) is 2. The third kappa shape index (κ3) is 3.51. The Morgan fingerprint density at radius 1 is 1.05 bits per heavy atom. The van der Waals surface area contributed by atoms with E-state index in [1.165, 1.54) is 0 Å². The molecule has 2 rings (SSSR count). The van der Waals surface area contributed by atoms with E-state index >= 15 is 0 Å². The van der Waals surface area contributed by atoms with Crippen LogP contribution in [-0.2, 0) is 16.4 Å². The van der Waals surface area contributed by atoms with Crippen molar-refractivity contribution in [2.75, 3.05) is 0 Å². The van der Waals surface area contributed by atoms with Crippen LogP contribution in [0.5, 0.6) is 0 Å². The van der Waals surface area contributed by atoms with Gasteiger partial charge in [-0.2, -0.15) is 0 Å². The Bertz CT molecular complexity index is 738. The molecular formula is C16H17F2NO2S. The van der Waals surface area contributed by atoms with Gasteiger partial charge < -0.3 is 0 Å². The van der Waals surface area contributed by atoms with E-state index in [9.17, 15) is 17.2 Å². The molecule has 0 radical (unpaired) electrons. The van der Waals surface area contributed by atoms with Crippen LogP contribution in [0, 0.1) is 11.6 Å². The highest BCUT2D eigenvalue weighted by molar-refractivity contribution is 7.89. The van der Waals surface area contributed by atoms with Crippen molar-refractivity contribution in [3.63, 3.8) is 0 Å². The molecule has 0 fully saturated rings. The van der Waals surface area contributed by atoms with Crippen LogP contribution in [0.2, 0.25) is 0 Å². The summed E-state index contributed by atoms with van der Waals surface area (Å²) in [5, 5.41) is 0. The minimum atomic E-state index is -4.28. The van der Waals surface area contributed by atoms with E-state index in [2.05, 4.69) is 4.72 Å². The molecule has 0 heterocycles. The van der Waals surface area contributed by atoms with E-state index in [1.54, 1.807) is 19.1 Å². The Kier molecular flexibility index (Phi) is 4.93. The lowest BCUT2D eigenvalue weighted by Crippen LogP contribution is -2.28. The molecule has 2 aromatic carbocycles. The van der Waals surface area contributed by atoms with Crippen LogP contribution in [0.3, 0.4) is 0 Å². The lowest BCUT2D eigenvalue weighted by molar-refractivity contribution is 0.509. The molecule has 0 aromatic heterocycles. The summed E-state index contributed by atoms with van der Waals surface area (Å²) in [5.74, 6) is -2.22. The van der Waals surface area contributed by atoms with Crippen molar-refractivity contribution in [3.8, 4) is 0 Å². The van der Waals surface area contributed by atoms with Gasteiger partial charge in [-0.05, 0) is 36.6 Å².